The first-order chi connectivity index (χ1) is 7.15. The number of aliphatic carboxylic acids is 1. The number of carboxylic acid groups (broad SMARTS) is 1. The second kappa shape index (κ2) is 3.81. The number of alkyl halides is 2. The summed E-state index contributed by atoms with van der Waals surface area (Å²) >= 11 is 0. The Labute approximate surface area is 92.1 Å². The highest BCUT2D eigenvalue weighted by Crippen LogP contribution is 2.28. The maximum Gasteiger partial charge on any atom is 0.315 e. The quantitative estimate of drug-likeness (QED) is 0.866. The molecule has 0 aliphatic carbocycles. The molecule has 0 saturated carbocycles. The lowest BCUT2D eigenvalue weighted by Crippen LogP contribution is -2.30. The number of rotatable bonds is 3. The zero-order valence-electron chi connectivity index (χ0n) is 9.29. The third-order valence-electron chi connectivity index (χ3n) is 2.37. The van der Waals surface area contributed by atoms with Crippen LogP contribution in [0.25, 0.3) is 0 Å². The topological polar surface area (TPSA) is 50.2 Å². The molecule has 0 bridgehead atoms. The van der Waals surface area contributed by atoms with Crippen molar-refractivity contribution >= 4 is 5.97 Å². The largest absolute Gasteiger partial charge is 0.481 e. The summed E-state index contributed by atoms with van der Waals surface area (Å²) in [6, 6.07) is 4.00. The standard InChI is InChI=1S/C11H13F2NO2/c1-10(2,9(15)16)7-5-4-6-8(14-7)11(3,12)13/h4-6H,1-3H3,(H,15,16). The molecule has 0 atom stereocenters. The van der Waals surface area contributed by atoms with Gasteiger partial charge in [0.25, 0.3) is 5.92 Å². The first-order valence-corrected chi connectivity index (χ1v) is 4.75. The Kier molecular flexibility index (Phi) is 2.99. The summed E-state index contributed by atoms with van der Waals surface area (Å²) in [6.45, 7) is 3.58. The van der Waals surface area contributed by atoms with Gasteiger partial charge in [0.2, 0.25) is 0 Å². The van der Waals surface area contributed by atoms with E-state index in [0.717, 1.165) is 6.92 Å². The molecular formula is C11H13F2NO2. The van der Waals surface area contributed by atoms with Crippen LogP contribution in [-0.2, 0) is 16.1 Å². The van der Waals surface area contributed by atoms with Crippen LogP contribution < -0.4 is 0 Å². The van der Waals surface area contributed by atoms with Gasteiger partial charge >= 0.3 is 5.97 Å². The Bertz CT molecular complexity index is 411. The van der Waals surface area contributed by atoms with E-state index >= 15 is 0 Å². The highest BCUT2D eigenvalue weighted by molar-refractivity contribution is 5.79. The molecule has 0 aromatic carbocycles. The van der Waals surface area contributed by atoms with Gasteiger partial charge in [-0.15, -0.1) is 0 Å². The average Bonchev–Trinajstić information content (AvgIpc) is 2.16. The summed E-state index contributed by atoms with van der Waals surface area (Å²) in [5, 5.41) is 8.96. The summed E-state index contributed by atoms with van der Waals surface area (Å²) in [5.41, 5.74) is -1.57. The third-order valence-corrected chi connectivity index (χ3v) is 2.37. The minimum absolute atomic E-state index is 0.124. The van der Waals surface area contributed by atoms with Gasteiger partial charge < -0.3 is 5.11 Å². The lowest BCUT2D eigenvalue weighted by molar-refractivity contribution is -0.142. The number of carboxylic acids is 1. The Hall–Kier alpha value is -1.52. The maximum absolute atomic E-state index is 13.0. The van der Waals surface area contributed by atoms with Gasteiger partial charge in [0.05, 0.1) is 5.69 Å². The van der Waals surface area contributed by atoms with Gasteiger partial charge in [-0.25, -0.2) is 0 Å². The molecule has 0 aliphatic heterocycles. The van der Waals surface area contributed by atoms with Gasteiger partial charge in [-0.05, 0) is 26.0 Å². The number of carbonyl (C=O) groups is 1. The summed E-state index contributed by atoms with van der Waals surface area (Å²) in [7, 11) is 0. The minimum Gasteiger partial charge on any atom is -0.481 e. The van der Waals surface area contributed by atoms with E-state index in [1.807, 2.05) is 0 Å². The molecule has 0 saturated heterocycles. The minimum atomic E-state index is -3.06. The normalized spacial score (nSPS) is 12.6. The molecule has 16 heavy (non-hydrogen) atoms. The molecule has 1 heterocycles. The van der Waals surface area contributed by atoms with Crippen molar-refractivity contribution in [2.75, 3.05) is 0 Å². The first kappa shape index (κ1) is 12.5. The average molecular weight is 229 g/mol. The fourth-order valence-corrected chi connectivity index (χ4v) is 1.14. The van der Waals surface area contributed by atoms with Crippen molar-refractivity contribution in [3.05, 3.63) is 29.6 Å². The van der Waals surface area contributed by atoms with Crippen molar-refractivity contribution in [2.24, 2.45) is 0 Å². The summed E-state index contributed by atoms with van der Waals surface area (Å²) in [6.07, 6.45) is 0. The van der Waals surface area contributed by atoms with Crippen molar-refractivity contribution in [3.63, 3.8) is 0 Å². The monoisotopic (exact) mass is 229 g/mol. The molecule has 1 aromatic rings. The van der Waals surface area contributed by atoms with Gasteiger partial charge in [0.15, 0.2) is 0 Å². The number of pyridine rings is 1. The first-order valence-electron chi connectivity index (χ1n) is 4.75. The van der Waals surface area contributed by atoms with Crippen molar-refractivity contribution in [2.45, 2.75) is 32.1 Å². The fraction of sp³-hybridized carbons (Fsp3) is 0.455. The van der Waals surface area contributed by atoms with Crippen LogP contribution in [0.2, 0.25) is 0 Å². The predicted molar refractivity (Wildman–Crippen MR) is 54.5 cm³/mol. The summed E-state index contributed by atoms with van der Waals surface area (Å²) in [4.78, 5) is 14.7. The molecule has 0 amide bonds. The van der Waals surface area contributed by atoms with Crippen LogP contribution in [0.15, 0.2) is 18.2 Å². The van der Waals surface area contributed by atoms with Crippen molar-refractivity contribution in [1.82, 2.24) is 4.98 Å². The summed E-state index contributed by atoms with van der Waals surface area (Å²) < 4.78 is 26.0. The Balaban J connectivity index is 3.23. The van der Waals surface area contributed by atoms with Crippen LogP contribution in [0.5, 0.6) is 0 Å². The van der Waals surface area contributed by atoms with E-state index in [4.69, 9.17) is 5.11 Å². The number of hydrogen-bond acceptors (Lipinski definition) is 2. The molecule has 0 radical (unpaired) electrons. The Morgan fingerprint density at radius 2 is 1.75 bits per heavy atom. The van der Waals surface area contributed by atoms with Crippen LogP contribution in [0.3, 0.4) is 0 Å². The highest BCUT2D eigenvalue weighted by Gasteiger charge is 2.33. The van der Waals surface area contributed by atoms with Crippen molar-refractivity contribution < 1.29 is 18.7 Å². The van der Waals surface area contributed by atoms with Gasteiger partial charge in [-0.2, -0.15) is 8.78 Å². The zero-order chi connectivity index (χ0) is 12.6. The second-order valence-corrected chi connectivity index (χ2v) is 4.23. The van der Waals surface area contributed by atoms with E-state index in [-0.39, 0.29) is 5.69 Å². The lowest BCUT2D eigenvalue weighted by Gasteiger charge is -2.20. The molecule has 1 aromatic heterocycles. The molecular weight excluding hydrogens is 216 g/mol. The van der Waals surface area contributed by atoms with E-state index in [0.29, 0.717) is 0 Å². The zero-order valence-corrected chi connectivity index (χ0v) is 9.29. The summed E-state index contributed by atoms with van der Waals surface area (Å²) in [5.74, 6) is -4.17. The smallest absolute Gasteiger partial charge is 0.315 e. The lowest BCUT2D eigenvalue weighted by atomic mass is 9.89. The molecule has 0 spiro atoms. The molecule has 0 aliphatic rings. The number of halogens is 2. The van der Waals surface area contributed by atoms with E-state index in [9.17, 15) is 13.6 Å². The van der Waals surface area contributed by atoms with Crippen molar-refractivity contribution in [1.29, 1.82) is 0 Å². The van der Waals surface area contributed by atoms with Gasteiger partial charge in [-0.3, -0.25) is 9.78 Å². The van der Waals surface area contributed by atoms with E-state index in [2.05, 4.69) is 4.98 Å². The van der Waals surface area contributed by atoms with Crippen LogP contribution >= 0.6 is 0 Å². The van der Waals surface area contributed by atoms with Crippen LogP contribution in [0.4, 0.5) is 8.78 Å². The second-order valence-electron chi connectivity index (χ2n) is 4.23. The van der Waals surface area contributed by atoms with E-state index in [1.165, 1.54) is 32.0 Å². The SMILES string of the molecule is CC(F)(F)c1cccc(C(C)(C)C(=O)O)n1. The van der Waals surface area contributed by atoms with Crippen LogP contribution in [0, 0.1) is 0 Å². The molecule has 88 valence electrons. The maximum atomic E-state index is 13.0. The number of aromatic nitrogens is 1. The van der Waals surface area contributed by atoms with Gasteiger partial charge in [0, 0.05) is 6.92 Å². The predicted octanol–water partition coefficient (Wildman–Crippen LogP) is 2.56. The van der Waals surface area contributed by atoms with Crippen LogP contribution in [0.1, 0.15) is 32.2 Å². The number of nitrogens with zero attached hydrogens (tertiary/aromatic N) is 1. The van der Waals surface area contributed by atoms with E-state index in [1.54, 1.807) is 0 Å². The van der Waals surface area contributed by atoms with Crippen LogP contribution in [-0.4, -0.2) is 16.1 Å². The molecule has 0 unspecified atom stereocenters. The molecule has 5 heteroatoms. The molecule has 0 fully saturated rings. The molecule has 1 rings (SSSR count). The van der Waals surface area contributed by atoms with Gasteiger partial charge in [0.1, 0.15) is 11.1 Å². The Morgan fingerprint density at radius 3 is 2.19 bits per heavy atom. The fourth-order valence-electron chi connectivity index (χ4n) is 1.14. The van der Waals surface area contributed by atoms with E-state index < -0.39 is 23.0 Å². The highest BCUT2D eigenvalue weighted by atomic mass is 19.3. The van der Waals surface area contributed by atoms with Crippen molar-refractivity contribution in [3.8, 4) is 0 Å². The van der Waals surface area contributed by atoms with Gasteiger partial charge in [-0.1, -0.05) is 6.07 Å². The molecule has 3 nitrogen and oxygen atoms in total. The Morgan fingerprint density at radius 1 is 1.25 bits per heavy atom. The third kappa shape index (κ3) is 2.35. The molecule has 1 N–H and O–H groups in total. The number of hydrogen-bond donors (Lipinski definition) is 1.